The summed E-state index contributed by atoms with van der Waals surface area (Å²) in [6, 6.07) is 14.6. The van der Waals surface area contributed by atoms with Crippen molar-refractivity contribution in [3.05, 3.63) is 59.9 Å². The summed E-state index contributed by atoms with van der Waals surface area (Å²) in [6.45, 7) is 7.99. The van der Waals surface area contributed by atoms with Crippen molar-refractivity contribution in [1.29, 1.82) is 0 Å². The third-order valence-electron chi connectivity index (χ3n) is 3.28. The predicted molar refractivity (Wildman–Crippen MR) is 86.3 cm³/mol. The van der Waals surface area contributed by atoms with E-state index in [1.807, 2.05) is 36.5 Å². The minimum Gasteiger partial charge on any atom is -0.493 e. The summed E-state index contributed by atoms with van der Waals surface area (Å²) in [5, 5.41) is 3.48. The first-order valence-electron chi connectivity index (χ1n) is 7.51. The Labute approximate surface area is 127 Å². The highest BCUT2D eigenvalue weighted by Gasteiger charge is 2.05. The molecule has 1 aromatic heterocycles. The van der Waals surface area contributed by atoms with Gasteiger partial charge < -0.3 is 10.1 Å². The maximum absolute atomic E-state index is 5.70. The second-order valence-electron chi connectivity index (χ2n) is 5.70. The molecule has 1 heterocycles. The summed E-state index contributed by atoms with van der Waals surface area (Å²) in [5.74, 6) is 1.48. The minimum absolute atomic E-state index is 0.283. The zero-order valence-corrected chi connectivity index (χ0v) is 13.0. The molecule has 1 N–H and O–H groups in total. The van der Waals surface area contributed by atoms with Gasteiger partial charge >= 0.3 is 0 Å². The van der Waals surface area contributed by atoms with Gasteiger partial charge in [-0.25, -0.2) is 0 Å². The van der Waals surface area contributed by atoms with Gasteiger partial charge in [0.15, 0.2) is 0 Å². The van der Waals surface area contributed by atoms with E-state index in [9.17, 15) is 0 Å². The largest absolute Gasteiger partial charge is 0.493 e. The van der Waals surface area contributed by atoms with Crippen molar-refractivity contribution in [2.24, 2.45) is 5.92 Å². The summed E-state index contributed by atoms with van der Waals surface area (Å²) in [7, 11) is 0. The molecule has 1 unspecified atom stereocenters. The Bertz CT molecular complexity index is 523. The van der Waals surface area contributed by atoms with Gasteiger partial charge in [-0.05, 0) is 42.7 Å². The molecule has 0 aliphatic rings. The van der Waals surface area contributed by atoms with Crippen LogP contribution in [0.2, 0.25) is 0 Å². The molecule has 0 saturated heterocycles. The third-order valence-corrected chi connectivity index (χ3v) is 3.28. The van der Waals surface area contributed by atoms with Crippen molar-refractivity contribution in [1.82, 2.24) is 10.3 Å². The van der Waals surface area contributed by atoms with E-state index in [2.05, 4.69) is 43.2 Å². The van der Waals surface area contributed by atoms with Crippen molar-refractivity contribution in [3.63, 3.8) is 0 Å². The highest BCUT2D eigenvalue weighted by atomic mass is 16.5. The van der Waals surface area contributed by atoms with Crippen molar-refractivity contribution >= 4 is 0 Å². The molecule has 0 radical (unpaired) electrons. The first kappa shape index (κ1) is 15.5. The lowest BCUT2D eigenvalue weighted by Crippen LogP contribution is -2.18. The normalized spacial score (nSPS) is 12.4. The summed E-state index contributed by atoms with van der Waals surface area (Å²) in [4.78, 5) is 4.32. The quantitative estimate of drug-likeness (QED) is 0.835. The van der Waals surface area contributed by atoms with Gasteiger partial charge in [0.2, 0.25) is 0 Å². The van der Waals surface area contributed by atoms with Gasteiger partial charge in [0, 0.05) is 18.8 Å². The van der Waals surface area contributed by atoms with Gasteiger partial charge in [0.05, 0.1) is 12.3 Å². The first-order valence-corrected chi connectivity index (χ1v) is 7.51. The van der Waals surface area contributed by atoms with Gasteiger partial charge in [-0.1, -0.05) is 32.0 Å². The molecule has 21 heavy (non-hydrogen) atoms. The molecular weight excluding hydrogens is 260 g/mol. The van der Waals surface area contributed by atoms with Crippen LogP contribution in [0.3, 0.4) is 0 Å². The molecule has 2 rings (SSSR count). The average Bonchev–Trinajstić information content (AvgIpc) is 2.52. The maximum atomic E-state index is 5.70. The lowest BCUT2D eigenvalue weighted by molar-refractivity contribution is 0.271. The first-order chi connectivity index (χ1) is 10.1. The van der Waals surface area contributed by atoms with E-state index >= 15 is 0 Å². The minimum atomic E-state index is 0.283. The Balaban J connectivity index is 1.86. The van der Waals surface area contributed by atoms with Crippen molar-refractivity contribution in [3.8, 4) is 5.75 Å². The number of pyridine rings is 1. The molecule has 112 valence electrons. The molecule has 0 aliphatic carbocycles. The Morgan fingerprint density at radius 3 is 2.43 bits per heavy atom. The molecule has 0 saturated carbocycles. The van der Waals surface area contributed by atoms with Crippen molar-refractivity contribution in [2.75, 3.05) is 6.61 Å². The summed E-state index contributed by atoms with van der Waals surface area (Å²) in [5.41, 5.74) is 2.31. The number of rotatable bonds is 7. The smallest absolute Gasteiger partial charge is 0.119 e. The fourth-order valence-corrected chi connectivity index (χ4v) is 1.99. The Kier molecular flexibility index (Phi) is 5.76. The Hall–Kier alpha value is -1.87. The zero-order valence-electron chi connectivity index (χ0n) is 13.0. The monoisotopic (exact) mass is 284 g/mol. The van der Waals surface area contributed by atoms with E-state index in [1.165, 1.54) is 5.56 Å². The standard InChI is InChI=1S/C18H24N2O/c1-14(2)13-21-18-9-7-16(8-10-18)15(3)20-12-17-6-4-5-11-19-17/h4-11,14-15,20H,12-13H2,1-3H3. The van der Waals surface area contributed by atoms with Gasteiger partial charge in [-0.3, -0.25) is 4.98 Å². The van der Waals surface area contributed by atoms with E-state index < -0.39 is 0 Å². The molecule has 0 aliphatic heterocycles. The number of hydrogen-bond donors (Lipinski definition) is 1. The van der Waals surface area contributed by atoms with Crippen LogP contribution in [0, 0.1) is 5.92 Å². The molecule has 1 atom stereocenters. The highest BCUT2D eigenvalue weighted by Crippen LogP contribution is 2.18. The van der Waals surface area contributed by atoms with Crippen LogP contribution in [-0.4, -0.2) is 11.6 Å². The van der Waals surface area contributed by atoms with Crippen molar-refractivity contribution < 1.29 is 4.74 Å². The number of nitrogens with one attached hydrogen (secondary N) is 1. The van der Waals surface area contributed by atoms with E-state index in [4.69, 9.17) is 4.74 Å². The molecule has 2 aromatic rings. The molecule has 0 spiro atoms. The summed E-state index contributed by atoms with van der Waals surface area (Å²) < 4.78 is 5.70. The summed E-state index contributed by atoms with van der Waals surface area (Å²) in [6.07, 6.45) is 1.82. The van der Waals surface area contributed by atoms with Crippen molar-refractivity contribution in [2.45, 2.75) is 33.4 Å². The number of benzene rings is 1. The topological polar surface area (TPSA) is 34.1 Å². The molecular formula is C18H24N2O. The predicted octanol–water partition coefficient (Wildman–Crippen LogP) is 3.97. The zero-order chi connectivity index (χ0) is 15.1. The third kappa shape index (κ3) is 5.20. The summed E-state index contributed by atoms with van der Waals surface area (Å²) >= 11 is 0. The Morgan fingerprint density at radius 2 is 1.81 bits per heavy atom. The Morgan fingerprint density at radius 1 is 1.05 bits per heavy atom. The van der Waals surface area contributed by atoms with Gasteiger partial charge in [-0.2, -0.15) is 0 Å². The van der Waals surface area contributed by atoms with Crippen LogP contribution < -0.4 is 10.1 Å². The second kappa shape index (κ2) is 7.79. The SMILES string of the molecule is CC(C)COc1ccc(C(C)NCc2ccccn2)cc1. The number of hydrogen-bond acceptors (Lipinski definition) is 3. The van der Waals surface area contributed by atoms with Gasteiger partial charge in [0.1, 0.15) is 5.75 Å². The number of aromatic nitrogens is 1. The fourth-order valence-electron chi connectivity index (χ4n) is 1.99. The van der Waals surface area contributed by atoms with E-state index in [-0.39, 0.29) is 6.04 Å². The molecule has 3 heteroatoms. The van der Waals surface area contributed by atoms with Crippen LogP contribution in [0.4, 0.5) is 0 Å². The van der Waals surface area contributed by atoms with E-state index in [0.29, 0.717) is 5.92 Å². The highest BCUT2D eigenvalue weighted by molar-refractivity contribution is 5.29. The van der Waals surface area contributed by atoms with Crippen LogP contribution in [0.25, 0.3) is 0 Å². The van der Waals surface area contributed by atoms with E-state index in [1.54, 1.807) is 0 Å². The molecule has 1 aromatic carbocycles. The van der Waals surface area contributed by atoms with Gasteiger partial charge in [0.25, 0.3) is 0 Å². The van der Waals surface area contributed by atoms with Crippen LogP contribution >= 0.6 is 0 Å². The average molecular weight is 284 g/mol. The van der Waals surface area contributed by atoms with Crippen LogP contribution in [0.1, 0.15) is 38.1 Å². The van der Waals surface area contributed by atoms with E-state index in [0.717, 1.165) is 24.6 Å². The molecule has 0 amide bonds. The van der Waals surface area contributed by atoms with Crippen LogP contribution in [0.15, 0.2) is 48.7 Å². The molecule has 0 fully saturated rings. The lowest BCUT2D eigenvalue weighted by atomic mass is 10.1. The molecule has 0 bridgehead atoms. The molecule has 3 nitrogen and oxygen atoms in total. The number of nitrogens with zero attached hydrogens (tertiary/aromatic N) is 1. The lowest BCUT2D eigenvalue weighted by Gasteiger charge is -2.15. The van der Waals surface area contributed by atoms with Crippen LogP contribution in [-0.2, 0) is 6.54 Å². The number of ether oxygens (including phenoxy) is 1. The fraction of sp³-hybridized carbons (Fsp3) is 0.389. The second-order valence-corrected chi connectivity index (χ2v) is 5.70. The maximum Gasteiger partial charge on any atom is 0.119 e. The van der Waals surface area contributed by atoms with Crippen LogP contribution in [0.5, 0.6) is 5.75 Å². The van der Waals surface area contributed by atoms with Gasteiger partial charge in [-0.15, -0.1) is 0 Å².